The molecule has 1 aromatic rings. The molecular weight excluding hydrogens is 348 g/mol. The van der Waals surface area contributed by atoms with Gasteiger partial charge in [-0.15, -0.1) is 0 Å². The van der Waals surface area contributed by atoms with Gasteiger partial charge in [-0.1, -0.05) is 32.4 Å². The topological polar surface area (TPSA) is 40.6 Å². The van der Waals surface area contributed by atoms with Gasteiger partial charge in [0.1, 0.15) is 0 Å². The maximum atomic E-state index is 13.2. The van der Waals surface area contributed by atoms with Crippen LogP contribution in [0.1, 0.15) is 52.0 Å². The zero-order valence-corrected chi connectivity index (χ0v) is 16.8. The minimum atomic E-state index is -0.361. The second-order valence-electron chi connectivity index (χ2n) is 8.54. The Kier molecular flexibility index (Phi) is 5.61. The molecule has 1 aromatic carbocycles. The normalized spacial score (nSPS) is 19.1. The second kappa shape index (κ2) is 7.59. The summed E-state index contributed by atoms with van der Waals surface area (Å²) >= 11 is 6.15. The van der Waals surface area contributed by atoms with Crippen LogP contribution >= 0.6 is 11.6 Å². The summed E-state index contributed by atoms with van der Waals surface area (Å²) in [6.07, 6.45) is 4.56. The SMILES string of the molecule is CC(C)(C)C(=O)N1CCC(C(=O)N2CCCCc3cc(Cl)ccc32)CC1. The number of piperidine rings is 1. The van der Waals surface area contributed by atoms with Gasteiger partial charge in [0.2, 0.25) is 11.8 Å². The molecule has 1 saturated heterocycles. The molecule has 0 atom stereocenters. The fourth-order valence-electron chi connectivity index (χ4n) is 3.98. The number of benzene rings is 1. The lowest BCUT2D eigenvalue weighted by molar-refractivity contribution is -0.142. The summed E-state index contributed by atoms with van der Waals surface area (Å²) in [4.78, 5) is 29.6. The number of amides is 2. The first-order chi connectivity index (χ1) is 12.3. The lowest BCUT2D eigenvalue weighted by Gasteiger charge is -2.37. The van der Waals surface area contributed by atoms with Crippen molar-refractivity contribution in [1.82, 2.24) is 4.90 Å². The Hall–Kier alpha value is -1.55. The number of nitrogens with zero attached hydrogens (tertiary/aromatic N) is 2. The lowest BCUT2D eigenvalue weighted by atomic mass is 9.90. The van der Waals surface area contributed by atoms with Crippen molar-refractivity contribution in [3.63, 3.8) is 0 Å². The first-order valence-electron chi connectivity index (χ1n) is 9.66. The van der Waals surface area contributed by atoms with Gasteiger partial charge in [0.15, 0.2) is 0 Å². The van der Waals surface area contributed by atoms with Crippen molar-refractivity contribution in [3.8, 4) is 0 Å². The van der Waals surface area contributed by atoms with Gasteiger partial charge in [0.25, 0.3) is 0 Å². The molecule has 0 spiro atoms. The van der Waals surface area contributed by atoms with Gasteiger partial charge >= 0.3 is 0 Å². The monoisotopic (exact) mass is 376 g/mol. The van der Waals surface area contributed by atoms with Crippen LogP contribution in [0.4, 0.5) is 5.69 Å². The van der Waals surface area contributed by atoms with E-state index in [1.807, 2.05) is 48.8 Å². The number of halogens is 1. The highest BCUT2D eigenvalue weighted by atomic mass is 35.5. The van der Waals surface area contributed by atoms with E-state index >= 15 is 0 Å². The molecule has 0 unspecified atom stereocenters. The van der Waals surface area contributed by atoms with Crippen LogP contribution in [0.3, 0.4) is 0 Å². The van der Waals surface area contributed by atoms with Crippen molar-refractivity contribution in [3.05, 3.63) is 28.8 Å². The van der Waals surface area contributed by atoms with E-state index in [2.05, 4.69) is 0 Å². The van der Waals surface area contributed by atoms with E-state index < -0.39 is 0 Å². The molecule has 2 heterocycles. The largest absolute Gasteiger partial charge is 0.342 e. The minimum absolute atomic E-state index is 0.000599. The fourth-order valence-corrected chi connectivity index (χ4v) is 4.17. The molecule has 142 valence electrons. The molecule has 2 amide bonds. The molecule has 1 fully saturated rings. The summed E-state index contributed by atoms with van der Waals surface area (Å²) in [5.74, 6) is 0.386. The summed E-state index contributed by atoms with van der Waals surface area (Å²) in [6.45, 7) is 7.97. The highest BCUT2D eigenvalue weighted by Gasteiger charge is 2.34. The Morgan fingerprint density at radius 3 is 2.42 bits per heavy atom. The minimum Gasteiger partial charge on any atom is -0.342 e. The maximum absolute atomic E-state index is 13.2. The third kappa shape index (κ3) is 4.06. The van der Waals surface area contributed by atoms with Crippen molar-refractivity contribution in [2.45, 2.75) is 52.9 Å². The van der Waals surface area contributed by atoms with Gasteiger partial charge in [0, 0.05) is 41.7 Å². The molecule has 3 rings (SSSR count). The van der Waals surface area contributed by atoms with Crippen LogP contribution in [0, 0.1) is 11.3 Å². The second-order valence-corrected chi connectivity index (χ2v) is 8.97. The molecule has 0 bridgehead atoms. The molecule has 0 radical (unpaired) electrons. The van der Waals surface area contributed by atoms with Crippen LogP contribution in [-0.4, -0.2) is 36.3 Å². The van der Waals surface area contributed by atoms with E-state index in [0.717, 1.165) is 49.4 Å². The molecule has 5 heteroatoms. The van der Waals surface area contributed by atoms with Crippen LogP contribution in [0.2, 0.25) is 5.02 Å². The molecule has 2 aliphatic rings. The predicted molar refractivity (Wildman–Crippen MR) is 106 cm³/mol. The van der Waals surface area contributed by atoms with Crippen molar-refractivity contribution in [2.24, 2.45) is 11.3 Å². The number of fused-ring (bicyclic) bond motifs is 1. The van der Waals surface area contributed by atoms with E-state index in [1.54, 1.807) is 0 Å². The third-order valence-corrected chi connectivity index (χ3v) is 5.68. The highest BCUT2D eigenvalue weighted by Crippen LogP contribution is 2.32. The van der Waals surface area contributed by atoms with Gasteiger partial charge in [0.05, 0.1) is 0 Å². The van der Waals surface area contributed by atoms with Crippen LogP contribution in [0.25, 0.3) is 0 Å². The molecular formula is C21H29ClN2O2. The Labute approximate surface area is 161 Å². The molecule has 2 aliphatic heterocycles. The van der Waals surface area contributed by atoms with Crippen LogP contribution in [0.5, 0.6) is 0 Å². The van der Waals surface area contributed by atoms with Crippen molar-refractivity contribution >= 4 is 29.1 Å². The summed E-state index contributed by atoms with van der Waals surface area (Å²) in [5.41, 5.74) is 1.83. The molecule has 0 saturated carbocycles. The highest BCUT2D eigenvalue weighted by molar-refractivity contribution is 6.30. The smallest absolute Gasteiger partial charge is 0.230 e. The Morgan fingerprint density at radius 2 is 1.77 bits per heavy atom. The standard InChI is InChI=1S/C21H29ClN2O2/c1-21(2,3)20(26)23-12-9-15(10-13-23)19(25)24-11-5-4-6-16-14-17(22)7-8-18(16)24/h7-8,14-15H,4-6,9-13H2,1-3H3. The summed E-state index contributed by atoms with van der Waals surface area (Å²) in [6, 6.07) is 5.85. The van der Waals surface area contributed by atoms with Crippen molar-refractivity contribution in [1.29, 1.82) is 0 Å². The average molecular weight is 377 g/mol. The van der Waals surface area contributed by atoms with E-state index in [0.29, 0.717) is 13.1 Å². The van der Waals surface area contributed by atoms with Crippen LogP contribution in [0.15, 0.2) is 18.2 Å². The number of aryl methyl sites for hydroxylation is 1. The van der Waals surface area contributed by atoms with Gasteiger partial charge < -0.3 is 9.80 Å². The van der Waals surface area contributed by atoms with E-state index in [-0.39, 0.29) is 23.1 Å². The van der Waals surface area contributed by atoms with Crippen molar-refractivity contribution < 1.29 is 9.59 Å². The summed E-state index contributed by atoms with van der Waals surface area (Å²) < 4.78 is 0. The fraction of sp³-hybridized carbons (Fsp3) is 0.619. The third-order valence-electron chi connectivity index (χ3n) is 5.45. The number of carbonyl (C=O) groups excluding carboxylic acids is 2. The predicted octanol–water partition coefficient (Wildman–Crippen LogP) is 4.29. The number of hydrogen-bond acceptors (Lipinski definition) is 2. The molecule has 26 heavy (non-hydrogen) atoms. The number of rotatable bonds is 1. The lowest BCUT2D eigenvalue weighted by Crippen LogP contribution is -2.47. The van der Waals surface area contributed by atoms with E-state index in [4.69, 9.17) is 11.6 Å². The van der Waals surface area contributed by atoms with Gasteiger partial charge in [-0.3, -0.25) is 9.59 Å². The molecule has 0 aliphatic carbocycles. The molecule has 0 aromatic heterocycles. The Balaban J connectivity index is 1.70. The quantitative estimate of drug-likeness (QED) is 0.733. The Bertz CT molecular complexity index is 688. The number of anilines is 1. The average Bonchev–Trinajstić information content (AvgIpc) is 2.81. The van der Waals surface area contributed by atoms with Crippen LogP contribution in [-0.2, 0) is 16.0 Å². The number of likely N-dealkylation sites (tertiary alicyclic amines) is 1. The molecule has 4 nitrogen and oxygen atoms in total. The number of hydrogen-bond donors (Lipinski definition) is 0. The van der Waals surface area contributed by atoms with Gasteiger partial charge in [-0.25, -0.2) is 0 Å². The Morgan fingerprint density at radius 1 is 1.08 bits per heavy atom. The summed E-state index contributed by atoms with van der Waals surface area (Å²) in [5, 5.41) is 0.729. The van der Waals surface area contributed by atoms with E-state index in [9.17, 15) is 9.59 Å². The first-order valence-corrected chi connectivity index (χ1v) is 10.0. The van der Waals surface area contributed by atoms with Gasteiger partial charge in [-0.05, 0) is 55.9 Å². The van der Waals surface area contributed by atoms with Crippen LogP contribution < -0.4 is 4.90 Å². The maximum Gasteiger partial charge on any atom is 0.230 e. The van der Waals surface area contributed by atoms with E-state index in [1.165, 1.54) is 5.56 Å². The summed E-state index contributed by atoms with van der Waals surface area (Å²) in [7, 11) is 0. The molecule has 0 N–H and O–H groups in total. The van der Waals surface area contributed by atoms with Crippen molar-refractivity contribution in [2.75, 3.05) is 24.5 Å². The zero-order chi connectivity index (χ0) is 18.9. The first kappa shape index (κ1) is 19.2. The number of carbonyl (C=O) groups is 2. The van der Waals surface area contributed by atoms with Gasteiger partial charge in [-0.2, -0.15) is 0 Å². The zero-order valence-electron chi connectivity index (χ0n) is 16.1.